The smallest absolute Gasteiger partial charge is 0.0718 e. The average Bonchev–Trinajstić information content (AvgIpc) is 3.09. The van der Waals surface area contributed by atoms with E-state index in [1.54, 1.807) is 0 Å². The Kier molecular flexibility index (Phi) is 8.85. The van der Waals surface area contributed by atoms with Gasteiger partial charge in [-0.15, -0.1) is 0 Å². The molecule has 1 N–H and O–H groups in total. The number of ether oxygens (including phenoxy) is 2. The molecule has 2 aliphatic heterocycles. The fourth-order valence-electron chi connectivity index (χ4n) is 3.74. The molecule has 2 aliphatic rings. The van der Waals surface area contributed by atoms with Crippen molar-refractivity contribution < 1.29 is 14.6 Å². The third-order valence-corrected chi connectivity index (χ3v) is 4.93. The monoisotopic (exact) mass is 350 g/mol. The van der Waals surface area contributed by atoms with Gasteiger partial charge in [0.05, 0.1) is 39.2 Å². The van der Waals surface area contributed by atoms with Crippen LogP contribution in [0.1, 0.15) is 37.8 Å². The molecule has 0 bridgehead atoms. The Morgan fingerprint density at radius 1 is 0.920 bits per heavy atom. The van der Waals surface area contributed by atoms with Crippen molar-refractivity contribution in [2.24, 2.45) is 0 Å². The van der Waals surface area contributed by atoms with Crippen molar-refractivity contribution in [2.45, 2.75) is 46.0 Å². The van der Waals surface area contributed by atoms with Gasteiger partial charge >= 0.3 is 0 Å². The summed E-state index contributed by atoms with van der Waals surface area (Å²) in [5, 5.41) is 8.62. The fraction of sp³-hybridized carbons (Fsp3) is 0.700. The molecule has 5 nitrogen and oxygen atoms in total. The maximum atomic E-state index is 8.62. The molecule has 0 saturated carbocycles. The Labute approximate surface area is 152 Å². The number of benzene rings is 1. The molecule has 1 aromatic rings. The highest BCUT2D eigenvalue weighted by atomic mass is 16.5. The predicted molar refractivity (Wildman–Crippen MR) is 100 cm³/mol. The zero-order valence-electron chi connectivity index (χ0n) is 14.5. The van der Waals surface area contributed by atoms with E-state index < -0.39 is 0 Å². The number of hydrogen-bond donors (Lipinski definition) is 1. The van der Waals surface area contributed by atoms with E-state index in [2.05, 4.69) is 34.1 Å². The standard InChI is InChI=1S/C19H30N2O3.CH4/c22-11-12-23-13-14-24-16-18-6-4-17(5-7-18)15-21-10-2-9-20-8-1-3-19(20)21;/h4-7,19,22H,1-3,8-16H2;1H4. The summed E-state index contributed by atoms with van der Waals surface area (Å²) in [7, 11) is 0. The number of hydrogen-bond acceptors (Lipinski definition) is 5. The Bertz CT molecular complexity index is 480. The van der Waals surface area contributed by atoms with Gasteiger partial charge in [0.1, 0.15) is 0 Å². The molecular formula is C20H34N2O3. The summed E-state index contributed by atoms with van der Waals surface area (Å²) < 4.78 is 10.8. The van der Waals surface area contributed by atoms with Gasteiger partial charge in [0.25, 0.3) is 0 Å². The topological polar surface area (TPSA) is 45.2 Å². The van der Waals surface area contributed by atoms with E-state index in [1.165, 1.54) is 50.0 Å². The summed E-state index contributed by atoms with van der Waals surface area (Å²) >= 11 is 0. The SMILES string of the molecule is C.OCCOCCOCc1ccc(CN2CCCN3CCCC32)cc1. The molecule has 0 amide bonds. The Hall–Kier alpha value is -0.980. The third kappa shape index (κ3) is 6.04. The van der Waals surface area contributed by atoms with Crippen molar-refractivity contribution in [1.29, 1.82) is 0 Å². The first-order valence-corrected chi connectivity index (χ1v) is 9.19. The van der Waals surface area contributed by atoms with Crippen molar-refractivity contribution >= 4 is 0 Å². The van der Waals surface area contributed by atoms with Gasteiger partial charge in [-0.1, -0.05) is 31.7 Å². The van der Waals surface area contributed by atoms with Crippen LogP contribution in [-0.2, 0) is 22.6 Å². The van der Waals surface area contributed by atoms with Crippen LogP contribution in [0, 0.1) is 0 Å². The molecule has 5 heteroatoms. The number of aliphatic hydroxyl groups excluding tert-OH is 1. The molecule has 2 heterocycles. The van der Waals surface area contributed by atoms with Gasteiger partial charge < -0.3 is 14.6 Å². The van der Waals surface area contributed by atoms with E-state index in [-0.39, 0.29) is 14.0 Å². The lowest BCUT2D eigenvalue weighted by Gasteiger charge is -2.40. The summed E-state index contributed by atoms with van der Waals surface area (Å²) in [6.45, 7) is 6.99. The summed E-state index contributed by atoms with van der Waals surface area (Å²) in [4.78, 5) is 5.28. The van der Waals surface area contributed by atoms with Gasteiger partial charge in [-0.25, -0.2) is 0 Å². The van der Waals surface area contributed by atoms with E-state index >= 15 is 0 Å². The van der Waals surface area contributed by atoms with Crippen LogP contribution in [-0.4, -0.2) is 67.1 Å². The minimum atomic E-state index is 0. The zero-order chi connectivity index (χ0) is 16.6. The first-order chi connectivity index (χ1) is 11.9. The molecule has 1 aromatic carbocycles. The first-order valence-electron chi connectivity index (χ1n) is 9.19. The van der Waals surface area contributed by atoms with E-state index in [0.717, 1.165) is 6.54 Å². The molecule has 0 spiro atoms. The largest absolute Gasteiger partial charge is 0.394 e. The quantitative estimate of drug-likeness (QED) is 0.693. The lowest BCUT2D eigenvalue weighted by Crippen LogP contribution is -2.49. The van der Waals surface area contributed by atoms with E-state index in [4.69, 9.17) is 14.6 Å². The van der Waals surface area contributed by atoms with Crippen LogP contribution in [0.25, 0.3) is 0 Å². The Morgan fingerprint density at radius 2 is 1.64 bits per heavy atom. The molecule has 25 heavy (non-hydrogen) atoms. The minimum absolute atomic E-state index is 0. The highest BCUT2D eigenvalue weighted by Crippen LogP contribution is 2.26. The summed E-state index contributed by atoms with van der Waals surface area (Å²) in [5.74, 6) is 0. The van der Waals surface area contributed by atoms with Crippen LogP contribution in [0.4, 0.5) is 0 Å². The van der Waals surface area contributed by atoms with Crippen molar-refractivity contribution in [1.82, 2.24) is 9.80 Å². The number of nitrogens with zero attached hydrogens (tertiary/aromatic N) is 2. The Morgan fingerprint density at radius 3 is 2.44 bits per heavy atom. The molecule has 1 unspecified atom stereocenters. The van der Waals surface area contributed by atoms with Crippen molar-refractivity contribution in [3.8, 4) is 0 Å². The molecule has 142 valence electrons. The molecule has 0 aliphatic carbocycles. The average molecular weight is 351 g/mol. The molecule has 2 saturated heterocycles. The van der Waals surface area contributed by atoms with Crippen LogP contribution in [0.15, 0.2) is 24.3 Å². The highest BCUT2D eigenvalue weighted by Gasteiger charge is 2.32. The molecule has 0 aromatic heterocycles. The van der Waals surface area contributed by atoms with Crippen molar-refractivity contribution in [3.63, 3.8) is 0 Å². The summed E-state index contributed by atoms with van der Waals surface area (Å²) in [6.07, 6.45) is 4.63. The molecule has 0 radical (unpaired) electrons. The minimum Gasteiger partial charge on any atom is -0.394 e. The van der Waals surface area contributed by atoms with Crippen molar-refractivity contribution in [3.05, 3.63) is 35.4 Å². The second-order valence-electron chi connectivity index (χ2n) is 6.69. The zero-order valence-corrected chi connectivity index (χ0v) is 14.5. The number of aliphatic hydroxyl groups is 1. The van der Waals surface area contributed by atoms with Crippen LogP contribution in [0.2, 0.25) is 0 Å². The van der Waals surface area contributed by atoms with Crippen LogP contribution >= 0.6 is 0 Å². The normalized spacial score (nSPS) is 21.1. The maximum absolute atomic E-state index is 8.62. The van der Waals surface area contributed by atoms with Gasteiger partial charge in [0, 0.05) is 19.6 Å². The molecular weight excluding hydrogens is 316 g/mol. The maximum Gasteiger partial charge on any atom is 0.0718 e. The lowest BCUT2D eigenvalue weighted by molar-refractivity contribution is 0.0271. The predicted octanol–water partition coefficient (Wildman–Crippen LogP) is 2.48. The van der Waals surface area contributed by atoms with Gasteiger partial charge in [-0.05, 0) is 36.9 Å². The first kappa shape index (κ1) is 20.3. The highest BCUT2D eigenvalue weighted by molar-refractivity contribution is 5.22. The summed E-state index contributed by atoms with van der Waals surface area (Å²) in [6, 6.07) is 8.80. The molecule has 1 atom stereocenters. The second-order valence-corrected chi connectivity index (χ2v) is 6.69. The van der Waals surface area contributed by atoms with Gasteiger partial charge in [-0.3, -0.25) is 9.80 Å². The van der Waals surface area contributed by atoms with Gasteiger partial charge in [-0.2, -0.15) is 0 Å². The van der Waals surface area contributed by atoms with Crippen LogP contribution in [0.3, 0.4) is 0 Å². The summed E-state index contributed by atoms with van der Waals surface area (Å²) in [5.41, 5.74) is 2.58. The third-order valence-electron chi connectivity index (χ3n) is 4.93. The second kappa shape index (κ2) is 10.9. The van der Waals surface area contributed by atoms with E-state index in [9.17, 15) is 0 Å². The van der Waals surface area contributed by atoms with Gasteiger partial charge in [0.15, 0.2) is 0 Å². The van der Waals surface area contributed by atoms with Crippen LogP contribution in [0.5, 0.6) is 0 Å². The fourth-order valence-corrected chi connectivity index (χ4v) is 3.74. The Balaban J connectivity index is 0.00000225. The van der Waals surface area contributed by atoms with Crippen LogP contribution < -0.4 is 0 Å². The molecule has 2 fully saturated rings. The number of rotatable bonds is 9. The molecule has 3 rings (SSSR count). The van der Waals surface area contributed by atoms with E-state index in [1.807, 2.05) is 0 Å². The van der Waals surface area contributed by atoms with E-state index in [0.29, 0.717) is 32.6 Å². The number of fused-ring (bicyclic) bond motifs is 1. The van der Waals surface area contributed by atoms with Crippen molar-refractivity contribution in [2.75, 3.05) is 46.1 Å². The van der Waals surface area contributed by atoms with Gasteiger partial charge in [0.2, 0.25) is 0 Å². The lowest BCUT2D eigenvalue weighted by atomic mass is 10.1.